The lowest BCUT2D eigenvalue weighted by Crippen LogP contribution is -2.07. The molecule has 0 aliphatic rings. The van der Waals surface area contributed by atoms with E-state index < -0.39 is 5.63 Å². The number of hydrogen-bond donors (Lipinski definition) is 1. The second-order valence-electron chi connectivity index (χ2n) is 7.66. The van der Waals surface area contributed by atoms with Gasteiger partial charge < -0.3 is 14.3 Å². The number of amides is 1. The van der Waals surface area contributed by atoms with Gasteiger partial charge in [-0.15, -0.1) is 0 Å². The monoisotopic (exact) mass is 421 g/mol. The van der Waals surface area contributed by atoms with Crippen LogP contribution in [0.15, 0.2) is 62.9 Å². The van der Waals surface area contributed by atoms with Gasteiger partial charge in [-0.3, -0.25) is 4.79 Å². The molecule has 0 atom stereocenters. The molecule has 0 unspecified atom stereocenters. The topological polar surface area (TPSA) is 77.1 Å². The Hall–Kier alpha value is -3.06. The Morgan fingerprint density at radius 2 is 2.00 bits per heavy atom. The molecule has 0 radical (unpaired) electrons. The van der Waals surface area contributed by atoms with Gasteiger partial charge in [-0.1, -0.05) is 37.7 Å². The van der Waals surface area contributed by atoms with Crippen molar-refractivity contribution in [3.8, 4) is 0 Å². The Kier molecular flexibility index (Phi) is 5.63. The lowest BCUT2D eigenvalue weighted by molar-refractivity contribution is -0.114. The highest BCUT2D eigenvalue weighted by Crippen LogP contribution is 2.30. The van der Waals surface area contributed by atoms with Crippen molar-refractivity contribution in [1.29, 1.82) is 0 Å². The van der Waals surface area contributed by atoms with Crippen LogP contribution in [0.4, 0.5) is 5.69 Å². The average Bonchev–Trinajstić information content (AvgIpc) is 3.02. The van der Waals surface area contributed by atoms with Gasteiger partial charge in [0.2, 0.25) is 5.91 Å². The third-order valence-electron chi connectivity index (χ3n) is 4.67. The molecule has 0 spiro atoms. The van der Waals surface area contributed by atoms with E-state index >= 15 is 0 Å². The molecule has 1 N–H and O–H groups in total. The van der Waals surface area contributed by atoms with Crippen LogP contribution >= 0.6 is 11.8 Å². The van der Waals surface area contributed by atoms with E-state index in [1.807, 2.05) is 30.3 Å². The zero-order valence-electron chi connectivity index (χ0n) is 17.1. The van der Waals surface area contributed by atoms with Gasteiger partial charge in [0.15, 0.2) is 5.16 Å². The molecule has 7 heteroatoms. The lowest BCUT2D eigenvalue weighted by atomic mass is 10.1. The van der Waals surface area contributed by atoms with Crippen LogP contribution in [-0.2, 0) is 17.1 Å². The molecule has 0 saturated carbocycles. The summed E-state index contributed by atoms with van der Waals surface area (Å²) in [5, 5.41) is 4.50. The van der Waals surface area contributed by atoms with E-state index in [9.17, 15) is 9.59 Å². The molecule has 2 aromatic carbocycles. The largest absolute Gasteiger partial charge is 0.423 e. The fourth-order valence-corrected chi connectivity index (χ4v) is 4.49. The molecule has 0 fully saturated rings. The summed E-state index contributed by atoms with van der Waals surface area (Å²) in [5.41, 5.74) is 3.61. The molecule has 2 aromatic heterocycles. The molecule has 0 aliphatic heterocycles. The predicted octanol–water partition coefficient (Wildman–Crippen LogP) is 5.05. The number of imidazole rings is 1. The van der Waals surface area contributed by atoms with Gasteiger partial charge >= 0.3 is 5.63 Å². The quantitative estimate of drug-likeness (QED) is 0.348. The van der Waals surface area contributed by atoms with Gasteiger partial charge in [-0.05, 0) is 35.7 Å². The molecule has 0 saturated heterocycles. The molecule has 4 aromatic rings. The summed E-state index contributed by atoms with van der Waals surface area (Å²) < 4.78 is 7.61. The number of fused-ring (bicyclic) bond motifs is 2. The standard InChI is InChI=1S/C23H23N3O3S/c1-14(2)12-26-20-7-5-4-6-19(20)25-23(26)30-13-16-10-22(28)29-21-11-17(24-15(3)27)8-9-18(16)21/h4-11,14H,12-13H2,1-3H3,(H,24,27). The number of nitrogens with zero attached hydrogens (tertiary/aromatic N) is 2. The van der Waals surface area contributed by atoms with Crippen molar-refractivity contribution in [2.45, 2.75) is 38.2 Å². The minimum absolute atomic E-state index is 0.174. The first-order chi connectivity index (χ1) is 14.4. The molecule has 0 bridgehead atoms. The second-order valence-corrected chi connectivity index (χ2v) is 8.60. The van der Waals surface area contributed by atoms with E-state index in [0.717, 1.165) is 33.7 Å². The van der Waals surface area contributed by atoms with Gasteiger partial charge in [0.1, 0.15) is 5.58 Å². The minimum atomic E-state index is -0.409. The number of rotatable bonds is 6. The van der Waals surface area contributed by atoms with Crippen molar-refractivity contribution >= 4 is 45.4 Å². The summed E-state index contributed by atoms with van der Waals surface area (Å²) in [7, 11) is 0. The molecule has 30 heavy (non-hydrogen) atoms. The van der Waals surface area contributed by atoms with E-state index in [-0.39, 0.29) is 5.91 Å². The van der Waals surface area contributed by atoms with Crippen LogP contribution in [0.25, 0.3) is 22.0 Å². The molecule has 0 aliphatic carbocycles. The van der Waals surface area contributed by atoms with E-state index in [1.165, 1.54) is 13.0 Å². The van der Waals surface area contributed by atoms with Crippen LogP contribution in [0.5, 0.6) is 0 Å². The summed E-state index contributed by atoms with van der Waals surface area (Å²) in [5.74, 6) is 0.898. The number of carbonyl (C=O) groups is 1. The first kappa shape index (κ1) is 20.2. The van der Waals surface area contributed by atoms with Crippen LogP contribution in [0.2, 0.25) is 0 Å². The third-order valence-corrected chi connectivity index (χ3v) is 5.70. The van der Waals surface area contributed by atoms with Crippen LogP contribution in [0, 0.1) is 5.92 Å². The van der Waals surface area contributed by atoms with Gasteiger partial charge in [0.05, 0.1) is 11.0 Å². The fourth-order valence-electron chi connectivity index (χ4n) is 3.48. The average molecular weight is 422 g/mol. The highest BCUT2D eigenvalue weighted by atomic mass is 32.2. The highest BCUT2D eigenvalue weighted by molar-refractivity contribution is 7.98. The molecular formula is C23H23N3O3S. The van der Waals surface area contributed by atoms with Crippen LogP contribution in [0.1, 0.15) is 26.3 Å². The maximum atomic E-state index is 12.1. The van der Waals surface area contributed by atoms with Crippen molar-refractivity contribution in [2.75, 3.05) is 5.32 Å². The van der Waals surface area contributed by atoms with E-state index in [2.05, 4.69) is 29.8 Å². The summed E-state index contributed by atoms with van der Waals surface area (Å²) in [6, 6.07) is 15.0. The van der Waals surface area contributed by atoms with Gasteiger partial charge in [0.25, 0.3) is 0 Å². The normalized spacial score (nSPS) is 11.5. The summed E-state index contributed by atoms with van der Waals surface area (Å²) in [4.78, 5) is 28.2. The first-order valence-corrected chi connectivity index (χ1v) is 10.8. The smallest absolute Gasteiger partial charge is 0.336 e. The number of para-hydroxylation sites is 2. The van der Waals surface area contributed by atoms with Gasteiger partial charge in [0, 0.05) is 42.4 Å². The Labute approximate surface area is 178 Å². The number of benzene rings is 2. The maximum Gasteiger partial charge on any atom is 0.336 e. The number of carbonyl (C=O) groups excluding carboxylic acids is 1. The second kappa shape index (κ2) is 8.36. The SMILES string of the molecule is CC(=O)Nc1ccc2c(CSc3nc4ccccc4n3CC(C)C)cc(=O)oc2c1. The number of anilines is 1. The molecule has 4 rings (SSSR count). The third kappa shape index (κ3) is 4.26. The molecule has 1 amide bonds. The number of aromatic nitrogens is 2. The number of thioether (sulfide) groups is 1. The van der Waals surface area contributed by atoms with Crippen molar-refractivity contribution < 1.29 is 9.21 Å². The number of hydrogen-bond acceptors (Lipinski definition) is 5. The Bertz CT molecular complexity index is 1290. The molecular weight excluding hydrogens is 398 g/mol. The summed E-state index contributed by atoms with van der Waals surface area (Å²) >= 11 is 1.61. The predicted molar refractivity (Wildman–Crippen MR) is 121 cm³/mol. The summed E-state index contributed by atoms with van der Waals surface area (Å²) in [6.07, 6.45) is 0. The molecule has 2 heterocycles. The van der Waals surface area contributed by atoms with Crippen molar-refractivity contribution in [1.82, 2.24) is 9.55 Å². The van der Waals surface area contributed by atoms with Gasteiger partial charge in [-0.2, -0.15) is 0 Å². The van der Waals surface area contributed by atoms with Crippen molar-refractivity contribution in [3.63, 3.8) is 0 Å². The van der Waals surface area contributed by atoms with Crippen molar-refractivity contribution in [3.05, 3.63) is 64.5 Å². The highest BCUT2D eigenvalue weighted by Gasteiger charge is 2.14. The Morgan fingerprint density at radius 1 is 1.20 bits per heavy atom. The Balaban J connectivity index is 1.68. The molecule has 154 valence electrons. The van der Waals surface area contributed by atoms with Crippen molar-refractivity contribution in [2.24, 2.45) is 5.92 Å². The molecule has 6 nitrogen and oxygen atoms in total. The number of nitrogens with one attached hydrogen (secondary N) is 1. The lowest BCUT2D eigenvalue weighted by Gasteiger charge is -2.12. The van der Waals surface area contributed by atoms with E-state index in [1.54, 1.807) is 17.8 Å². The summed E-state index contributed by atoms with van der Waals surface area (Å²) in [6.45, 7) is 6.69. The zero-order valence-corrected chi connectivity index (χ0v) is 18.0. The van der Waals surface area contributed by atoms with Crippen LogP contribution in [0.3, 0.4) is 0 Å². The van der Waals surface area contributed by atoms with Crippen LogP contribution < -0.4 is 10.9 Å². The van der Waals surface area contributed by atoms with E-state index in [0.29, 0.717) is 22.9 Å². The maximum absolute atomic E-state index is 12.1. The Morgan fingerprint density at radius 3 is 2.77 bits per heavy atom. The minimum Gasteiger partial charge on any atom is -0.423 e. The van der Waals surface area contributed by atoms with Gasteiger partial charge in [-0.25, -0.2) is 9.78 Å². The fraction of sp³-hybridized carbons (Fsp3) is 0.261. The van der Waals surface area contributed by atoms with E-state index in [4.69, 9.17) is 9.40 Å². The first-order valence-electron chi connectivity index (χ1n) is 9.83. The van der Waals surface area contributed by atoms with Crippen LogP contribution in [-0.4, -0.2) is 15.5 Å². The zero-order chi connectivity index (χ0) is 21.3.